The van der Waals surface area contributed by atoms with Crippen molar-refractivity contribution in [2.45, 2.75) is 58.9 Å². The first-order valence-corrected chi connectivity index (χ1v) is 9.43. The van der Waals surface area contributed by atoms with Gasteiger partial charge in [-0.05, 0) is 39.2 Å². The lowest BCUT2D eigenvalue weighted by Crippen LogP contribution is -2.42. The van der Waals surface area contributed by atoms with Crippen LogP contribution in [0, 0.1) is 5.92 Å². The predicted octanol–water partition coefficient (Wildman–Crippen LogP) is 3.10. The van der Waals surface area contributed by atoms with Gasteiger partial charge in [0.2, 0.25) is 0 Å². The summed E-state index contributed by atoms with van der Waals surface area (Å²) >= 11 is 0. The SMILES string of the molecule is CCNC(=NCCCOCC(C)C)NCCN(C)C1CCCC1.I. The third-order valence-electron chi connectivity index (χ3n) is 4.22. The standard InChI is InChI=1S/C18H38N4O.HI/c1-5-19-18(20-11-8-14-23-15-16(2)3)21-12-13-22(4)17-9-6-7-10-17;/h16-17H,5-15H2,1-4H3,(H2,19,20,21);1H. The Bertz CT molecular complexity index is 320. The number of hydrogen-bond donors (Lipinski definition) is 2. The molecule has 0 aliphatic heterocycles. The Morgan fingerprint density at radius 2 is 1.96 bits per heavy atom. The van der Waals surface area contributed by atoms with E-state index in [4.69, 9.17) is 4.74 Å². The molecule has 0 amide bonds. The molecule has 6 heteroatoms. The monoisotopic (exact) mass is 454 g/mol. The summed E-state index contributed by atoms with van der Waals surface area (Å²) in [4.78, 5) is 7.11. The molecule has 2 N–H and O–H groups in total. The summed E-state index contributed by atoms with van der Waals surface area (Å²) in [6.45, 7) is 11.8. The Balaban J connectivity index is 0.00000529. The maximum absolute atomic E-state index is 5.59. The van der Waals surface area contributed by atoms with Crippen molar-refractivity contribution in [3.8, 4) is 0 Å². The third kappa shape index (κ3) is 11.5. The summed E-state index contributed by atoms with van der Waals surface area (Å²) in [6, 6.07) is 0.787. The van der Waals surface area contributed by atoms with Crippen LogP contribution in [-0.4, -0.2) is 63.3 Å². The third-order valence-corrected chi connectivity index (χ3v) is 4.22. The molecular weight excluding hydrogens is 415 g/mol. The van der Waals surface area contributed by atoms with Crippen molar-refractivity contribution >= 4 is 29.9 Å². The Labute approximate surface area is 166 Å². The van der Waals surface area contributed by atoms with Crippen molar-refractivity contribution in [2.24, 2.45) is 10.9 Å². The van der Waals surface area contributed by atoms with Crippen molar-refractivity contribution in [3.05, 3.63) is 0 Å². The van der Waals surface area contributed by atoms with Gasteiger partial charge in [0.25, 0.3) is 0 Å². The number of nitrogens with one attached hydrogen (secondary N) is 2. The number of ether oxygens (including phenoxy) is 1. The first-order valence-electron chi connectivity index (χ1n) is 9.43. The quantitative estimate of drug-likeness (QED) is 0.218. The maximum Gasteiger partial charge on any atom is 0.191 e. The van der Waals surface area contributed by atoms with E-state index in [0.29, 0.717) is 5.92 Å². The van der Waals surface area contributed by atoms with E-state index in [2.05, 4.69) is 48.3 Å². The summed E-state index contributed by atoms with van der Waals surface area (Å²) in [5, 5.41) is 6.76. The lowest BCUT2D eigenvalue weighted by molar-refractivity contribution is 0.109. The zero-order chi connectivity index (χ0) is 16.9. The summed E-state index contributed by atoms with van der Waals surface area (Å²) in [5.41, 5.74) is 0. The van der Waals surface area contributed by atoms with Gasteiger partial charge in [0.15, 0.2) is 5.96 Å². The lowest BCUT2D eigenvalue weighted by atomic mass is 10.2. The minimum absolute atomic E-state index is 0. The second-order valence-corrected chi connectivity index (χ2v) is 6.93. The molecule has 0 aromatic heterocycles. The second-order valence-electron chi connectivity index (χ2n) is 6.93. The van der Waals surface area contributed by atoms with Gasteiger partial charge >= 0.3 is 0 Å². The molecule has 5 nitrogen and oxygen atoms in total. The number of likely N-dealkylation sites (N-methyl/N-ethyl adjacent to an activating group) is 1. The van der Waals surface area contributed by atoms with Crippen LogP contribution in [0.25, 0.3) is 0 Å². The van der Waals surface area contributed by atoms with Crippen LogP contribution >= 0.6 is 24.0 Å². The number of hydrogen-bond acceptors (Lipinski definition) is 3. The Kier molecular flexibility index (Phi) is 15.1. The molecule has 1 saturated carbocycles. The lowest BCUT2D eigenvalue weighted by Gasteiger charge is -2.24. The van der Waals surface area contributed by atoms with Crippen LogP contribution in [0.4, 0.5) is 0 Å². The predicted molar refractivity (Wildman–Crippen MR) is 115 cm³/mol. The van der Waals surface area contributed by atoms with E-state index in [1.807, 2.05) is 0 Å². The molecule has 0 spiro atoms. The molecular formula is C18H39IN4O. The van der Waals surface area contributed by atoms with E-state index in [0.717, 1.165) is 57.8 Å². The average molecular weight is 454 g/mol. The highest BCUT2D eigenvalue weighted by molar-refractivity contribution is 14.0. The van der Waals surface area contributed by atoms with E-state index in [1.165, 1.54) is 25.7 Å². The van der Waals surface area contributed by atoms with Crippen LogP contribution in [0.1, 0.15) is 52.9 Å². The van der Waals surface area contributed by atoms with E-state index in [9.17, 15) is 0 Å². The molecule has 1 rings (SSSR count). The molecule has 1 aliphatic rings. The smallest absolute Gasteiger partial charge is 0.191 e. The van der Waals surface area contributed by atoms with E-state index < -0.39 is 0 Å². The number of halogens is 1. The molecule has 24 heavy (non-hydrogen) atoms. The Morgan fingerprint density at radius 3 is 2.58 bits per heavy atom. The molecule has 0 radical (unpaired) electrons. The van der Waals surface area contributed by atoms with Gasteiger partial charge in [-0.1, -0.05) is 26.7 Å². The Morgan fingerprint density at radius 1 is 1.25 bits per heavy atom. The minimum atomic E-state index is 0. The van der Waals surface area contributed by atoms with Crippen molar-refractivity contribution in [1.29, 1.82) is 0 Å². The molecule has 1 aliphatic carbocycles. The van der Waals surface area contributed by atoms with Gasteiger partial charge in [0.05, 0.1) is 0 Å². The summed E-state index contributed by atoms with van der Waals surface area (Å²) in [7, 11) is 2.24. The zero-order valence-electron chi connectivity index (χ0n) is 16.1. The summed E-state index contributed by atoms with van der Waals surface area (Å²) < 4.78 is 5.59. The van der Waals surface area contributed by atoms with E-state index in [1.54, 1.807) is 0 Å². The molecule has 144 valence electrons. The van der Waals surface area contributed by atoms with Crippen molar-refractivity contribution < 1.29 is 4.74 Å². The molecule has 0 bridgehead atoms. The molecule has 0 saturated heterocycles. The highest BCUT2D eigenvalue weighted by atomic mass is 127. The fourth-order valence-electron chi connectivity index (χ4n) is 2.90. The fourth-order valence-corrected chi connectivity index (χ4v) is 2.90. The first kappa shape index (κ1) is 23.9. The van der Waals surface area contributed by atoms with Gasteiger partial charge in [-0.25, -0.2) is 0 Å². The van der Waals surface area contributed by atoms with Crippen molar-refractivity contribution in [2.75, 3.05) is 46.4 Å². The molecule has 0 aromatic rings. The number of aliphatic imine (C=N–C) groups is 1. The van der Waals surface area contributed by atoms with Crippen LogP contribution in [0.2, 0.25) is 0 Å². The van der Waals surface area contributed by atoms with E-state index in [-0.39, 0.29) is 24.0 Å². The average Bonchev–Trinajstić information content (AvgIpc) is 3.04. The van der Waals surface area contributed by atoms with Crippen molar-refractivity contribution in [3.63, 3.8) is 0 Å². The van der Waals surface area contributed by atoms with Gasteiger partial charge in [-0.3, -0.25) is 4.99 Å². The second kappa shape index (κ2) is 15.2. The topological polar surface area (TPSA) is 48.9 Å². The number of rotatable bonds is 11. The van der Waals surface area contributed by atoms with E-state index >= 15 is 0 Å². The van der Waals surface area contributed by atoms with Crippen LogP contribution in [0.5, 0.6) is 0 Å². The van der Waals surface area contributed by atoms with Crippen LogP contribution < -0.4 is 10.6 Å². The maximum atomic E-state index is 5.59. The highest BCUT2D eigenvalue weighted by Gasteiger charge is 2.18. The molecule has 1 fully saturated rings. The Hall–Kier alpha value is -0.0800. The van der Waals surface area contributed by atoms with Crippen molar-refractivity contribution in [1.82, 2.24) is 15.5 Å². The first-order chi connectivity index (χ1) is 11.1. The van der Waals surface area contributed by atoms with Gasteiger partial charge < -0.3 is 20.3 Å². The summed E-state index contributed by atoms with van der Waals surface area (Å²) in [6.07, 6.45) is 6.49. The van der Waals surface area contributed by atoms with Crippen LogP contribution in [-0.2, 0) is 4.74 Å². The number of guanidine groups is 1. The summed E-state index contributed by atoms with van der Waals surface area (Å²) in [5.74, 6) is 1.53. The van der Waals surface area contributed by atoms with Gasteiger partial charge in [-0.2, -0.15) is 0 Å². The molecule has 0 atom stereocenters. The normalized spacial score (nSPS) is 15.8. The van der Waals surface area contributed by atoms with Gasteiger partial charge in [-0.15, -0.1) is 24.0 Å². The van der Waals surface area contributed by atoms with Gasteiger partial charge in [0.1, 0.15) is 0 Å². The zero-order valence-corrected chi connectivity index (χ0v) is 18.5. The largest absolute Gasteiger partial charge is 0.381 e. The van der Waals surface area contributed by atoms with Crippen LogP contribution in [0.3, 0.4) is 0 Å². The van der Waals surface area contributed by atoms with Crippen LogP contribution in [0.15, 0.2) is 4.99 Å². The highest BCUT2D eigenvalue weighted by Crippen LogP contribution is 2.21. The number of nitrogens with zero attached hydrogens (tertiary/aromatic N) is 2. The molecule has 0 heterocycles. The molecule has 0 unspecified atom stereocenters. The fraction of sp³-hybridized carbons (Fsp3) is 0.944. The molecule has 0 aromatic carbocycles. The van der Waals surface area contributed by atoms with Gasteiger partial charge in [0, 0.05) is 45.4 Å². The minimum Gasteiger partial charge on any atom is -0.381 e.